The summed E-state index contributed by atoms with van der Waals surface area (Å²) in [6.45, 7) is 1.39. The molecule has 3 rings (SSSR count). The third-order valence-corrected chi connectivity index (χ3v) is 3.94. The number of carbonyl (C=O) groups excluding carboxylic acids is 1. The van der Waals surface area contributed by atoms with Crippen molar-refractivity contribution in [3.63, 3.8) is 0 Å². The van der Waals surface area contributed by atoms with Crippen LogP contribution >= 0.6 is 0 Å². The van der Waals surface area contributed by atoms with Crippen molar-refractivity contribution < 1.29 is 34.7 Å². The number of Topliss-reactive ketones (excluding diaryl/α,β-unsaturated/α-hetero) is 1. The number of ketones is 1. The lowest BCUT2D eigenvalue weighted by Gasteiger charge is -2.27. The number of hydrogen-bond donors (Lipinski definition) is 4. The molecule has 1 aliphatic carbocycles. The summed E-state index contributed by atoms with van der Waals surface area (Å²) < 4.78 is 10.6. The second kappa shape index (κ2) is 5.40. The highest BCUT2D eigenvalue weighted by Crippen LogP contribution is 2.40. The molecule has 7 heteroatoms. The topological polar surface area (TPSA) is 116 Å². The van der Waals surface area contributed by atoms with Crippen molar-refractivity contribution in [2.45, 2.75) is 18.6 Å². The van der Waals surface area contributed by atoms with Crippen LogP contribution in [-0.4, -0.2) is 45.0 Å². The standard InChI is InChI=1S/C17H16O7/c1-17(22)4-3-8(5-12(17)19)16-15(21)14(20)13-10(18)6-9(23-2)7-11(13)24-16/h3-7,15,18-19,21-22H,1-2H3. The predicted molar refractivity (Wildman–Crippen MR) is 83.1 cm³/mol. The quantitative estimate of drug-likeness (QED) is 0.613. The molecular formula is C17H16O7. The van der Waals surface area contributed by atoms with Gasteiger partial charge in [0.05, 0.1) is 7.11 Å². The van der Waals surface area contributed by atoms with Crippen molar-refractivity contribution in [2.24, 2.45) is 0 Å². The van der Waals surface area contributed by atoms with Crippen molar-refractivity contribution in [1.29, 1.82) is 0 Å². The molecular weight excluding hydrogens is 316 g/mol. The lowest BCUT2D eigenvalue weighted by atomic mass is 9.91. The summed E-state index contributed by atoms with van der Waals surface area (Å²) in [4.78, 5) is 12.4. The van der Waals surface area contributed by atoms with Gasteiger partial charge >= 0.3 is 0 Å². The summed E-state index contributed by atoms with van der Waals surface area (Å²) >= 11 is 0. The first-order valence-electron chi connectivity index (χ1n) is 7.12. The van der Waals surface area contributed by atoms with Crippen LogP contribution in [0.25, 0.3) is 0 Å². The molecule has 0 saturated heterocycles. The van der Waals surface area contributed by atoms with E-state index in [0.717, 1.165) is 0 Å². The maximum Gasteiger partial charge on any atom is 0.206 e. The van der Waals surface area contributed by atoms with Crippen LogP contribution in [0.3, 0.4) is 0 Å². The van der Waals surface area contributed by atoms with Crippen LogP contribution in [0.5, 0.6) is 17.2 Å². The molecule has 0 radical (unpaired) electrons. The summed E-state index contributed by atoms with van der Waals surface area (Å²) in [5.74, 6) is -1.26. The van der Waals surface area contributed by atoms with E-state index in [0.29, 0.717) is 0 Å². The summed E-state index contributed by atoms with van der Waals surface area (Å²) in [6, 6.07) is 2.65. The van der Waals surface area contributed by atoms with Gasteiger partial charge in [0.25, 0.3) is 0 Å². The van der Waals surface area contributed by atoms with Crippen LogP contribution < -0.4 is 9.47 Å². The first-order chi connectivity index (χ1) is 11.2. The van der Waals surface area contributed by atoms with Crippen molar-refractivity contribution >= 4 is 5.78 Å². The van der Waals surface area contributed by atoms with Gasteiger partial charge < -0.3 is 29.9 Å². The van der Waals surface area contributed by atoms with E-state index in [2.05, 4.69) is 0 Å². The second-order valence-electron chi connectivity index (χ2n) is 5.72. The van der Waals surface area contributed by atoms with Crippen LogP contribution in [0.2, 0.25) is 0 Å². The Bertz CT molecular complexity index is 814. The highest BCUT2D eigenvalue weighted by atomic mass is 16.5. The largest absolute Gasteiger partial charge is 0.509 e. The number of hydrogen-bond acceptors (Lipinski definition) is 7. The Kier molecular flexibility index (Phi) is 3.62. The number of rotatable bonds is 1. The monoisotopic (exact) mass is 332 g/mol. The molecule has 0 aromatic heterocycles. The number of fused-ring (bicyclic) bond motifs is 1. The zero-order valence-electron chi connectivity index (χ0n) is 13.0. The minimum Gasteiger partial charge on any atom is -0.509 e. The number of methoxy groups -OCH3 is 1. The maximum atomic E-state index is 12.4. The number of carbonyl (C=O) groups is 1. The summed E-state index contributed by atoms with van der Waals surface area (Å²) in [5, 5.41) is 39.9. The number of aromatic hydroxyl groups is 1. The Morgan fingerprint density at radius 1 is 1.29 bits per heavy atom. The zero-order valence-corrected chi connectivity index (χ0v) is 13.0. The van der Waals surface area contributed by atoms with E-state index in [1.807, 2.05) is 0 Å². The van der Waals surface area contributed by atoms with Crippen LogP contribution in [0.15, 0.2) is 47.5 Å². The van der Waals surface area contributed by atoms with Gasteiger partial charge in [0.1, 0.15) is 39.9 Å². The molecule has 126 valence electrons. The van der Waals surface area contributed by atoms with Gasteiger partial charge in [-0.3, -0.25) is 4.79 Å². The van der Waals surface area contributed by atoms with Crippen LogP contribution in [0.4, 0.5) is 0 Å². The van der Waals surface area contributed by atoms with Gasteiger partial charge in [-0.05, 0) is 19.1 Å². The van der Waals surface area contributed by atoms with E-state index < -0.39 is 17.5 Å². The fraction of sp³-hybridized carbons (Fsp3) is 0.235. The van der Waals surface area contributed by atoms with Gasteiger partial charge in [0.2, 0.25) is 5.78 Å². The zero-order chi connectivity index (χ0) is 17.6. The molecule has 4 N–H and O–H groups in total. The van der Waals surface area contributed by atoms with E-state index in [1.165, 1.54) is 44.4 Å². The highest BCUT2D eigenvalue weighted by Gasteiger charge is 2.37. The molecule has 2 atom stereocenters. The Labute approximate surface area is 137 Å². The molecule has 0 fully saturated rings. The van der Waals surface area contributed by atoms with Gasteiger partial charge in [0, 0.05) is 17.7 Å². The van der Waals surface area contributed by atoms with Crippen LogP contribution in [-0.2, 0) is 0 Å². The average molecular weight is 332 g/mol. The lowest BCUT2D eigenvalue weighted by molar-refractivity contribution is 0.0695. The van der Waals surface area contributed by atoms with Crippen LogP contribution in [0, 0.1) is 0 Å². The van der Waals surface area contributed by atoms with E-state index in [1.54, 1.807) is 0 Å². The fourth-order valence-electron chi connectivity index (χ4n) is 2.50. The first-order valence-corrected chi connectivity index (χ1v) is 7.12. The fourth-order valence-corrected chi connectivity index (χ4v) is 2.50. The number of aliphatic hydroxyl groups excluding tert-OH is 2. The minimum absolute atomic E-state index is 0.0308. The number of ether oxygens (including phenoxy) is 2. The third-order valence-electron chi connectivity index (χ3n) is 3.94. The van der Waals surface area contributed by atoms with Gasteiger partial charge in [-0.2, -0.15) is 0 Å². The Hall–Kier alpha value is -2.77. The number of allylic oxidation sites excluding steroid dienone is 3. The van der Waals surface area contributed by atoms with Crippen LogP contribution in [0.1, 0.15) is 17.3 Å². The molecule has 0 spiro atoms. The number of aliphatic hydroxyl groups is 3. The van der Waals surface area contributed by atoms with E-state index in [-0.39, 0.29) is 39.9 Å². The molecule has 2 aliphatic rings. The molecule has 7 nitrogen and oxygen atoms in total. The Morgan fingerprint density at radius 3 is 2.62 bits per heavy atom. The van der Waals surface area contributed by atoms with E-state index in [9.17, 15) is 25.2 Å². The van der Waals surface area contributed by atoms with Crippen molar-refractivity contribution in [1.82, 2.24) is 0 Å². The molecule has 0 saturated carbocycles. The predicted octanol–water partition coefficient (Wildman–Crippen LogP) is 1.35. The molecule has 2 unspecified atom stereocenters. The summed E-state index contributed by atoms with van der Waals surface area (Å²) in [6.07, 6.45) is 2.29. The van der Waals surface area contributed by atoms with Gasteiger partial charge in [0.15, 0.2) is 6.10 Å². The first kappa shape index (κ1) is 16.1. The molecule has 1 heterocycles. The molecule has 1 aromatic rings. The van der Waals surface area contributed by atoms with Gasteiger partial charge in [-0.15, -0.1) is 0 Å². The second-order valence-corrected chi connectivity index (χ2v) is 5.72. The normalized spacial score (nSPS) is 28.9. The van der Waals surface area contributed by atoms with Gasteiger partial charge in [-0.1, -0.05) is 6.08 Å². The molecule has 1 aliphatic heterocycles. The van der Waals surface area contributed by atoms with Crippen molar-refractivity contribution in [2.75, 3.05) is 7.11 Å². The van der Waals surface area contributed by atoms with E-state index in [4.69, 9.17) is 9.47 Å². The van der Waals surface area contributed by atoms with Crippen molar-refractivity contribution in [3.8, 4) is 17.2 Å². The molecule has 0 amide bonds. The summed E-state index contributed by atoms with van der Waals surface area (Å²) in [5.41, 5.74) is -1.45. The average Bonchev–Trinajstić information content (AvgIpc) is 2.53. The number of phenolic OH excluding ortho intramolecular Hbond substituents is 1. The Balaban J connectivity index is 2.13. The highest BCUT2D eigenvalue weighted by molar-refractivity contribution is 6.07. The lowest BCUT2D eigenvalue weighted by Crippen LogP contribution is -2.33. The molecule has 1 aromatic carbocycles. The number of phenols is 1. The smallest absolute Gasteiger partial charge is 0.206 e. The Morgan fingerprint density at radius 2 is 2.00 bits per heavy atom. The third kappa shape index (κ3) is 2.44. The van der Waals surface area contributed by atoms with Crippen molar-refractivity contribution in [3.05, 3.63) is 53.0 Å². The SMILES string of the molecule is COc1cc(O)c2c(c1)OC(=C1C=CC(C)(O)C(O)=C1)C(O)C2=O. The van der Waals surface area contributed by atoms with Gasteiger partial charge in [-0.25, -0.2) is 0 Å². The number of benzene rings is 1. The van der Waals surface area contributed by atoms with E-state index >= 15 is 0 Å². The summed E-state index contributed by atoms with van der Waals surface area (Å²) in [7, 11) is 1.40. The maximum absolute atomic E-state index is 12.4. The minimum atomic E-state index is -1.65. The molecule has 0 bridgehead atoms. The molecule has 24 heavy (non-hydrogen) atoms.